The van der Waals surface area contributed by atoms with Crippen LogP contribution in [0.4, 0.5) is 0 Å². The first kappa shape index (κ1) is 12.4. The Kier molecular flexibility index (Phi) is 4.00. The Bertz CT molecular complexity index is 408. The Morgan fingerprint density at radius 2 is 2.35 bits per heavy atom. The van der Waals surface area contributed by atoms with Gasteiger partial charge in [-0.25, -0.2) is 0 Å². The summed E-state index contributed by atoms with van der Waals surface area (Å²) in [5.41, 5.74) is 0.399. The number of amides is 1. The zero-order valence-electron chi connectivity index (χ0n) is 9.95. The predicted molar refractivity (Wildman–Crippen MR) is 68.1 cm³/mol. The molecule has 1 heterocycles. The molecule has 2 rings (SSSR count). The van der Waals surface area contributed by atoms with E-state index in [4.69, 9.17) is 11.6 Å². The SMILES string of the molecule is CC1CCCC(NC(=O)c2cc(Cl)ccn2)C1. The van der Waals surface area contributed by atoms with Gasteiger partial charge >= 0.3 is 0 Å². The molecule has 92 valence electrons. The standard InChI is InChI=1S/C13H17ClN2O/c1-9-3-2-4-11(7-9)16-13(17)12-8-10(14)5-6-15-12/h5-6,8-9,11H,2-4,7H2,1H3,(H,16,17). The molecule has 1 saturated carbocycles. The highest BCUT2D eigenvalue weighted by Crippen LogP contribution is 2.23. The fraction of sp³-hybridized carbons (Fsp3) is 0.538. The normalized spacial score (nSPS) is 24.4. The Labute approximate surface area is 107 Å². The van der Waals surface area contributed by atoms with Crippen molar-refractivity contribution in [3.05, 3.63) is 29.0 Å². The summed E-state index contributed by atoms with van der Waals surface area (Å²) in [7, 11) is 0. The molecule has 2 unspecified atom stereocenters. The Morgan fingerprint density at radius 3 is 3.06 bits per heavy atom. The van der Waals surface area contributed by atoms with Crippen molar-refractivity contribution in [1.29, 1.82) is 0 Å². The minimum absolute atomic E-state index is 0.119. The first-order chi connectivity index (χ1) is 8.15. The molecule has 0 bridgehead atoms. The summed E-state index contributed by atoms with van der Waals surface area (Å²) in [6, 6.07) is 3.55. The summed E-state index contributed by atoms with van der Waals surface area (Å²) >= 11 is 5.83. The van der Waals surface area contributed by atoms with Crippen molar-refractivity contribution in [3.8, 4) is 0 Å². The van der Waals surface area contributed by atoms with E-state index in [0.29, 0.717) is 16.6 Å². The molecule has 1 aromatic rings. The maximum absolute atomic E-state index is 11.9. The highest BCUT2D eigenvalue weighted by Gasteiger charge is 2.21. The summed E-state index contributed by atoms with van der Waals surface area (Å²) in [6.07, 6.45) is 6.14. The lowest BCUT2D eigenvalue weighted by atomic mass is 9.87. The van der Waals surface area contributed by atoms with Crippen molar-refractivity contribution >= 4 is 17.5 Å². The van der Waals surface area contributed by atoms with Crippen molar-refractivity contribution in [2.24, 2.45) is 5.92 Å². The second-order valence-electron chi connectivity index (χ2n) is 4.80. The molecule has 0 radical (unpaired) electrons. The fourth-order valence-corrected chi connectivity index (χ4v) is 2.51. The van der Waals surface area contributed by atoms with Crippen molar-refractivity contribution in [2.45, 2.75) is 38.6 Å². The number of hydrogen-bond donors (Lipinski definition) is 1. The highest BCUT2D eigenvalue weighted by molar-refractivity contribution is 6.30. The van der Waals surface area contributed by atoms with Gasteiger partial charge in [-0.15, -0.1) is 0 Å². The number of aromatic nitrogens is 1. The third-order valence-corrected chi connectivity index (χ3v) is 3.46. The maximum Gasteiger partial charge on any atom is 0.270 e. The van der Waals surface area contributed by atoms with Crippen molar-refractivity contribution in [1.82, 2.24) is 10.3 Å². The summed E-state index contributed by atoms with van der Waals surface area (Å²) in [5.74, 6) is 0.577. The minimum Gasteiger partial charge on any atom is -0.348 e. The molecule has 0 aliphatic heterocycles. The molecule has 1 fully saturated rings. The van der Waals surface area contributed by atoms with Gasteiger partial charge in [0.05, 0.1) is 0 Å². The zero-order valence-corrected chi connectivity index (χ0v) is 10.7. The van der Waals surface area contributed by atoms with Crippen LogP contribution < -0.4 is 5.32 Å². The van der Waals surface area contributed by atoms with Crippen LogP contribution in [-0.2, 0) is 0 Å². The van der Waals surface area contributed by atoms with Gasteiger partial charge in [-0.2, -0.15) is 0 Å². The number of nitrogens with one attached hydrogen (secondary N) is 1. The molecule has 0 aromatic carbocycles. The van der Waals surface area contributed by atoms with Crippen molar-refractivity contribution < 1.29 is 4.79 Å². The molecule has 1 N–H and O–H groups in total. The third kappa shape index (κ3) is 3.43. The monoisotopic (exact) mass is 252 g/mol. The second-order valence-corrected chi connectivity index (χ2v) is 5.24. The van der Waals surface area contributed by atoms with Crippen molar-refractivity contribution in [3.63, 3.8) is 0 Å². The fourth-order valence-electron chi connectivity index (χ4n) is 2.35. The molecule has 4 heteroatoms. The second kappa shape index (κ2) is 5.50. The number of carbonyl (C=O) groups is 1. The lowest BCUT2D eigenvalue weighted by molar-refractivity contribution is 0.0916. The van der Waals surface area contributed by atoms with E-state index >= 15 is 0 Å². The van der Waals surface area contributed by atoms with Crippen LogP contribution in [0.5, 0.6) is 0 Å². The van der Waals surface area contributed by atoms with Crippen LogP contribution in [-0.4, -0.2) is 16.9 Å². The van der Waals surface area contributed by atoms with Gasteiger partial charge < -0.3 is 5.32 Å². The summed E-state index contributed by atoms with van der Waals surface area (Å²) in [6.45, 7) is 2.23. The average Bonchev–Trinajstić information content (AvgIpc) is 2.29. The smallest absolute Gasteiger partial charge is 0.270 e. The van der Waals surface area contributed by atoms with E-state index in [1.807, 2.05) is 0 Å². The first-order valence-corrected chi connectivity index (χ1v) is 6.45. The summed E-state index contributed by atoms with van der Waals surface area (Å²) < 4.78 is 0. The van der Waals surface area contributed by atoms with Gasteiger partial charge in [0.25, 0.3) is 5.91 Å². The van der Waals surface area contributed by atoms with Gasteiger partial charge in [-0.1, -0.05) is 31.4 Å². The summed E-state index contributed by atoms with van der Waals surface area (Å²) in [4.78, 5) is 16.0. The average molecular weight is 253 g/mol. The van der Waals surface area contributed by atoms with E-state index in [1.54, 1.807) is 18.3 Å². The van der Waals surface area contributed by atoms with Crippen LogP contribution in [0.25, 0.3) is 0 Å². The molecule has 1 aliphatic carbocycles. The molecule has 0 saturated heterocycles. The van der Waals surface area contributed by atoms with Crippen LogP contribution in [0.3, 0.4) is 0 Å². The third-order valence-electron chi connectivity index (χ3n) is 3.23. The minimum atomic E-state index is -0.119. The number of rotatable bonds is 2. The first-order valence-electron chi connectivity index (χ1n) is 6.07. The van der Waals surface area contributed by atoms with Gasteiger partial charge in [0.1, 0.15) is 5.69 Å². The van der Waals surface area contributed by atoms with E-state index < -0.39 is 0 Å². The molecule has 2 atom stereocenters. The predicted octanol–water partition coefficient (Wildman–Crippen LogP) is 3.04. The topological polar surface area (TPSA) is 42.0 Å². The van der Waals surface area contributed by atoms with Crippen LogP contribution in [0.1, 0.15) is 43.1 Å². The van der Waals surface area contributed by atoms with E-state index in [9.17, 15) is 4.79 Å². The lowest BCUT2D eigenvalue weighted by Crippen LogP contribution is -2.38. The molecule has 0 spiro atoms. The Morgan fingerprint density at radius 1 is 1.53 bits per heavy atom. The molecule has 1 aromatic heterocycles. The van der Waals surface area contributed by atoms with Crippen LogP contribution in [0.2, 0.25) is 5.02 Å². The van der Waals surface area contributed by atoms with Gasteiger partial charge in [0.2, 0.25) is 0 Å². The Hall–Kier alpha value is -1.09. The molecular formula is C13H17ClN2O. The molecule has 1 aliphatic rings. The van der Waals surface area contributed by atoms with Gasteiger partial charge in [-0.3, -0.25) is 9.78 Å². The Balaban J connectivity index is 1.97. The quantitative estimate of drug-likeness (QED) is 0.879. The number of hydrogen-bond acceptors (Lipinski definition) is 2. The molecule has 1 amide bonds. The van der Waals surface area contributed by atoms with E-state index in [0.717, 1.165) is 12.8 Å². The van der Waals surface area contributed by atoms with Gasteiger partial charge in [0.15, 0.2) is 0 Å². The van der Waals surface area contributed by atoms with Crippen LogP contribution in [0.15, 0.2) is 18.3 Å². The van der Waals surface area contributed by atoms with Gasteiger partial charge in [0, 0.05) is 17.3 Å². The zero-order chi connectivity index (χ0) is 12.3. The van der Waals surface area contributed by atoms with Crippen LogP contribution in [0, 0.1) is 5.92 Å². The van der Waals surface area contributed by atoms with E-state index in [-0.39, 0.29) is 11.9 Å². The lowest BCUT2D eigenvalue weighted by Gasteiger charge is -2.27. The highest BCUT2D eigenvalue weighted by atomic mass is 35.5. The van der Waals surface area contributed by atoms with Gasteiger partial charge in [-0.05, 0) is 30.9 Å². The summed E-state index contributed by atoms with van der Waals surface area (Å²) in [5, 5.41) is 3.58. The number of pyridine rings is 1. The van der Waals surface area contributed by atoms with Crippen molar-refractivity contribution in [2.75, 3.05) is 0 Å². The number of carbonyl (C=O) groups excluding carboxylic acids is 1. The molecular weight excluding hydrogens is 236 g/mol. The maximum atomic E-state index is 11.9. The molecule has 17 heavy (non-hydrogen) atoms. The van der Waals surface area contributed by atoms with E-state index in [2.05, 4.69) is 17.2 Å². The number of halogens is 1. The number of nitrogens with zero attached hydrogens (tertiary/aromatic N) is 1. The largest absolute Gasteiger partial charge is 0.348 e. The van der Waals surface area contributed by atoms with Crippen LogP contribution >= 0.6 is 11.6 Å². The van der Waals surface area contributed by atoms with E-state index in [1.165, 1.54) is 12.8 Å². The molecule has 3 nitrogen and oxygen atoms in total.